The largest absolute Gasteiger partial charge is 0.342 e. The summed E-state index contributed by atoms with van der Waals surface area (Å²) in [7, 11) is 0. The minimum Gasteiger partial charge on any atom is -0.342 e. The van der Waals surface area contributed by atoms with E-state index in [9.17, 15) is 0 Å². The zero-order valence-electron chi connectivity index (χ0n) is 7.96. The molecule has 2 aromatic rings. The molecule has 0 unspecified atom stereocenters. The quantitative estimate of drug-likeness (QED) is 0.759. The van der Waals surface area contributed by atoms with Gasteiger partial charge in [0, 0.05) is 12.1 Å². The molecule has 0 fully saturated rings. The first-order valence-electron chi connectivity index (χ1n) is 4.67. The van der Waals surface area contributed by atoms with Crippen molar-refractivity contribution < 1.29 is 0 Å². The van der Waals surface area contributed by atoms with Gasteiger partial charge in [0.15, 0.2) is 0 Å². The molecule has 2 heterocycles. The van der Waals surface area contributed by atoms with Gasteiger partial charge >= 0.3 is 0 Å². The third kappa shape index (κ3) is 1.41. The van der Waals surface area contributed by atoms with E-state index in [4.69, 9.17) is 0 Å². The molecular weight excluding hydrogens is 162 g/mol. The highest BCUT2D eigenvalue weighted by Crippen LogP contribution is 2.11. The van der Waals surface area contributed by atoms with Gasteiger partial charge < -0.3 is 4.98 Å². The van der Waals surface area contributed by atoms with Gasteiger partial charge in [-0.25, -0.2) is 4.98 Å². The first kappa shape index (κ1) is 8.23. The monoisotopic (exact) mass is 175 g/mol. The SMILES string of the molecule is CCc1cc2[nH]c(CC)nc2cn1. The van der Waals surface area contributed by atoms with Crippen molar-refractivity contribution in [2.45, 2.75) is 26.7 Å². The maximum atomic E-state index is 4.39. The van der Waals surface area contributed by atoms with Gasteiger partial charge in [-0.1, -0.05) is 13.8 Å². The lowest BCUT2D eigenvalue weighted by Gasteiger charge is -1.92. The normalized spacial score (nSPS) is 10.9. The lowest BCUT2D eigenvalue weighted by atomic mass is 10.3. The number of hydrogen-bond donors (Lipinski definition) is 1. The van der Waals surface area contributed by atoms with Crippen molar-refractivity contribution in [3.05, 3.63) is 23.8 Å². The molecule has 2 rings (SSSR count). The Balaban J connectivity index is 2.57. The molecule has 0 saturated heterocycles. The van der Waals surface area contributed by atoms with E-state index in [1.807, 2.05) is 6.20 Å². The van der Waals surface area contributed by atoms with Crippen LogP contribution in [0.25, 0.3) is 11.0 Å². The van der Waals surface area contributed by atoms with Crippen LogP contribution in [0, 0.1) is 0 Å². The molecule has 3 nitrogen and oxygen atoms in total. The highest BCUT2D eigenvalue weighted by molar-refractivity contribution is 5.74. The molecule has 0 amide bonds. The van der Waals surface area contributed by atoms with Gasteiger partial charge in [0.25, 0.3) is 0 Å². The zero-order valence-corrected chi connectivity index (χ0v) is 7.96. The van der Waals surface area contributed by atoms with Crippen LogP contribution >= 0.6 is 0 Å². The highest BCUT2D eigenvalue weighted by Gasteiger charge is 2.01. The van der Waals surface area contributed by atoms with Crippen LogP contribution in [-0.4, -0.2) is 15.0 Å². The molecular formula is C10H13N3. The number of H-pyrrole nitrogens is 1. The standard InChI is InChI=1S/C10H13N3/c1-3-7-5-8-9(6-11-7)13-10(4-2)12-8/h5-6H,3-4H2,1-2H3,(H,12,13). The second-order valence-corrected chi connectivity index (χ2v) is 3.08. The summed E-state index contributed by atoms with van der Waals surface area (Å²) in [5.41, 5.74) is 3.18. The van der Waals surface area contributed by atoms with Gasteiger partial charge in [-0.05, 0) is 12.5 Å². The summed E-state index contributed by atoms with van der Waals surface area (Å²) < 4.78 is 0. The number of aromatic amines is 1. The summed E-state index contributed by atoms with van der Waals surface area (Å²) in [4.78, 5) is 11.9. The van der Waals surface area contributed by atoms with E-state index in [2.05, 4.69) is 34.9 Å². The fourth-order valence-corrected chi connectivity index (χ4v) is 1.37. The van der Waals surface area contributed by atoms with Crippen LogP contribution in [0.15, 0.2) is 12.3 Å². The van der Waals surface area contributed by atoms with E-state index in [1.165, 1.54) is 0 Å². The van der Waals surface area contributed by atoms with Gasteiger partial charge in [0.1, 0.15) is 11.3 Å². The van der Waals surface area contributed by atoms with Gasteiger partial charge in [-0.2, -0.15) is 0 Å². The first-order valence-corrected chi connectivity index (χ1v) is 4.67. The van der Waals surface area contributed by atoms with Crippen molar-refractivity contribution in [1.82, 2.24) is 15.0 Å². The van der Waals surface area contributed by atoms with Crippen molar-refractivity contribution in [2.75, 3.05) is 0 Å². The molecule has 2 aromatic heterocycles. The number of fused-ring (bicyclic) bond motifs is 1. The number of imidazole rings is 1. The molecule has 0 bridgehead atoms. The number of nitrogens with zero attached hydrogens (tertiary/aromatic N) is 2. The molecule has 0 aliphatic carbocycles. The topological polar surface area (TPSA) is 41.6 Å². The maximum absolute atomic E-state index is 4.39. The number of aromatic nitrogens is 3. The number of hydrogen-bond acceptors (Lipinski definition) is 2. The van der Waals surface area contributed by atoms with E-state index in [1.54, 1.807) is 0 Å². The van der Waals surface area contributed by atoms with Crippen molar-refractivity contribution >= 4 is 11.0 Å². The van der Waals surface area contributed by atoms with Crippen LogP contribution in [-0.2, 0) is 12.8 Å². The molecule has 0 saturated carbocycles. The predicted octanol–water partition coefficient (Wildman–Crippen LogP) is 2.08. The molecule has 3 heteroatoms. The van der Waals surface area contributed by atoms with Crippen molar-refractivity contribution in [3.8, 4) is 0 Å². The summed E-state index contributed by atoms with van der Waals surface area (Å²) in [6.07, 6.45) is 3.75. The smallest absolute Gasteiger partial charge is 0.107 e. The van der Waals surface area contributed by atoms with Gasteiger partial charge in [-0.15, -0.1) is 0 Å². The lowest BCUT2D eigenvalue weighted by molar-refractivity contribution is 1.00. The Labute approximate surface area is 77.2 Å². The number of pyridine rings is 1. The summed E-state index contributed by atoms with van der Waals surface area (Å²) in [6.45, 7) is 4.19. The van der Waals surface area contributed by atoms with Gasteiger partial charge in [0.05, 0.1) is 11.7 Å². The fraction of sp³-hybridized carbons (Fsp3) is 0.400. The Morgan fingerprint density at radius 1 is 1.31 bits per heavy atom. The summed E-state index contributed by atoms with van der Waals surface area (Å²) in [5, 5.41) is 0. The molecule has 0 spiro atoms. The Morgan fingerprint density at radius 3 is 2.85 bits per heavy atom. The van der Waals surface area contributed by atoms with E-state index in [0.29, 0.717) is 0 Å². The minimum absolute atomic E-state index is 0.941. The average Bonchev–Trinajstić information content (AvgIpc) is 2.58. The van der Waals surface area contributed by atoms with E-state index in [0.717, 1.165) is 35.4 Å². The second-order valence-electron chi connectivity index (χ2n) is 3.08. The maximum Gasteiger partial charge on any atom is 0.107 e. The van der Waals surface area contributed by atoms with Crippen molar-refractivity contribution in [1.29, 1.82) is 0 Å². The fourth-order valence-electron chi connectivity index (χ4n) is 1.37. The zero-order chi connectivity index (χ0) is 9.26. The predicted molar refractivity (Wildman–Crippen MR) is 52.6 cm³/mol. The Bertz CT molecular complexity index is 415. The third-order valence-electron chi connectivity index (χ3n) is 2.17. The second kappa shape index (κ2) is 3.17. The van der Waals surface area contributed by atoms with Gasteiger partial charge in [0.2, 0.25) is 0 Å². The van der Waals surface area contributed by atoms with E-state index >= 15 is 0 Å². The molecule has 0 aliphatic heterocycles. The van der Waals surface area contributed by atoms with E-state index in [-0.39, 0.29) is 0 Å². The van der Waals surface area contributed by atoms with Gasteiger partial charge in [-0.3, -0.25) is 4.98 Å². The Kier molecular flexibility index (Phi) is 2.00. The van der Waals surface area contributed by atoms with Crippen LogP contribution < -0.4 is 0 Å². The molecule has 0 aromatic carbocycles. The summed E-state index contributed by atoms with van der Waals surface area (Å²) in [5.74, 6) is 1.03. The van der Waals surface area contributed by atoms with Crippen LogP contribution in [0.4, 0.5) is 0 Å². The molecule has 0 atom stereocenters. The average molecular weight is 175 g/mol. The molecule has 0 aliphatic rings. The lowest BCUT2D eigenvalue weighted by Crippen LogP contribution is -1.84. The minimum atomic E-state index is 0.941. The highest BCUT2D eigenvalue weighted by atomic mass is 14.9. The number of rotatable bonds is 2. The first-order chi connectivity index (χ1) is 6.33. The van der Waals surface area contributed by atoms with Crippen molar-refractivity contribution in [3.63, 3.8) is 0 Å². The summed E-state index contributed by atoms with van der Waals surface area (Å²) >= 11 is 0. The van der Waals surface area contributed by atoms with Crippen LogP contribution in [0.1, 0.15) is 25.4 Å². The van der Waals surface area contributed by atoms with Crippen molar-refractivity contribution in [2.24, 2.45) is 0 Å². The molecule has 13 heavy (non-hydrogen) atoms. The molecule has 0 radical (unpaired) electrons. The van der Waals surface area contributed by atoms with Crippen LogP contribution in [0.2, 0.25) is 0 Å². The number of nitrogens with one attached hydrogen (secondary N) is 1. The van der Waals surface area contributed by atoms with E-state index < -0.39 is 0 Å². The number of aryl methyl sites for hydroxylation is 2. The Morgan fingerprint density at radius 2 is 2.15 bits per heavy atom. The third-order valence-corrected chi connectivity index (χ3v) is 2.17. The molecule has 68 valence electrons. The van der Waals surface area contributed by atoms with Crippen LogP contribution in [0.3, 0.4) is 0 Å². The summed E-state index contributed by atoms with van der Waals surface area (Å²) in [6, 6.07) is 2.07. The molecule has 1 N–H and O–H groups in total. The Hall–Kier alpha value is -1.38. The van der Waals surface area contributed by atoms with Crippen LogP contribution in [0.5, 0.6) is 0 Å².